The zero-order valence-corrected chi connectivity index (χ0v) is 12.8. The molecule has 1 rings (SSSR count). The van der Waals surface area contributed by atoms with Crippen molar-refractivity contribution in [2.45, 2.75) is 31.3 Å². The van der Waals surface area contributed by atoms with Gasteiger partial charge in [0, 0.05) is 18.2 Å². The molecular weight excluding hydrogens is 282 g/mol. The number of hydrogen-bond acceptors (Lipinski definition) is 5. The Morgan fingerprint density at radius 3 is 2.45 bits per heavy atom. The van der Waals surface area contributed by atoms with Gasteiger partial charge in [0.15, 0.2) is 11.5 Å². The van der Waals surface area contributed by atoms with E-state index in [0.29, 0.717) is 17.9 Å². The molecule has 1 aromatic carbocycles. The molecule has 20 heavy (non-hydrogen) atoms. The number of benzene rings is 1. The molecule has 0 atom stereocenters. The summed E-state index contributed by atoms with van der Waals surface area (Å²) in [5.41, 5.74) is 0.364. The number of unbranched alkanes of at least 4 members (excludes halogenated alkanes) is 1. The Morgan fingerprint density at radius 1 is 1.25 bits per heavy atom. The van der Waals surface area contributed by atoms with E-state index in [1.165, 1.54) is 26.4 Å². The van der Waals surface area contributed by atoms with Gasteiger partial charge >= 0.3 is 0 Å². The van der Waals surface area contributed by atoms with E-state index in [2.05, 4.69) is 4.72 Å². The lowest BCUT2D eigenvalue weighted by Gasteiger charge is -2.14. The van der Waals surface area contributed by atoms with E-state index in [4.69, 9.17) is 9.47 Å². The number of methoxy groups -OCH3 is 2. The maximum Gasteiger partial charge on any atom is 0.240 e. The predicted molar refractivity (Wildman–Crippen MR) is 75.6 cm³/mol. The molecule has 2 N–H and O–H groups in total. The van der Waals surface area contributed by atoms with Gasteiger partial charge in [-0.2, -0.15) is 0 Å². The number of nitrogens with one attached hydrogen (secondary N) is 1. The van der Waals surface area contributed by atoms with Crippen LogP contribution in [0.1, 0.15) is 25.3 Å². The molecule has 0 radical (unpaired) electrons. The molecule has 0 saturated carbocycles. The molecule has 0 aliphatic heterocycles. The smallest absolute Gasteiger partial charge is 0.240 e. The molecule has 0 saturated heterocycles. The van der Waals surface area contributed by atoms with Crippen molar-refractivity contribution < 1.29 is 23.0 Å². The number of aliphatic hydroxyl groups excluding tert-OH is 1. The van der Waals surface area contributed by atoms with Crippen molar-refractivity contribution in [1.82, 2.24) is 4.72 Å². The van der Waals surface area contributed by atoms with Crippen LogP contribution in [0.5, 0.6) is 11.5 Å². The van der Waals surface area contributed by atoms with Crippen molar-refractivity contribution in [2.24, 2.45) is 0 Å². The first kappa shape index (κ1) is 16.7. The maximum atomic E-state index is 12.2. The van der Waals surface area contributed by atoms with Gasteiger partial charge in [-0.05, 0) is 12.5 Å². The van der Waals surface area contributed by atoms with Crippen LogP contribution in [0.15, 0.2) is 17.0 Å². The third kappa shape index (κ3) is 3.84. The normalized spacial score (nSPS) is 11.4. The van der Waals surface area contributed by atoms with E-state index in [1.54, 1.807) is 0 Å². The van der Waals surface area contributed by atoms with Crippen molar-refractivity contribution in [2.75, 3.05) is 20.8 Å². The summed E-state index contributed by atoms with van der Waals surface area (Å²) in [4.78, 5) is 0.0512. The van der Waals surface area contributed by atoms with Gasteiger partial charge in [-0.1, -0.05) is 13.3 Å². The van der Waals surface area contributed by atoms with Crippen LogP contribution < -0.4 is 14.2 Å². The summed E-state index contributed by atoms with van der Waals surface area (Å²) in [5, 5.41) is 9.32. The highest BCUT2D eigenvalue weighted by Gasteiger charge is 2.19. The van der Waals surface area contributed by atoms with Crippen LogP contribution in [0.4, 0.5) is 0 Å². The van der Waals surface area contributed by atoms with Gasteiger partial charge in [-0.3, -0.25) is 0 Å². The molecule has 0 bridgehead atoms. The predicted octanol–water partition coefficient (Wildman–Crippen LogP) is 1.27. The van der Waals surface area contributed by atoms with Crippen molar-refractivity contribution in [3.05, 3.63) is 17.7 Å². The fraction of sp³-hybridized carbons (Fsp3) is 0.538. The minimum Gasteiger partial charge on any atom is -0.493 e. The molecule has 0 fully saturated rings. The standard InChI is InChI=1S/C13H21NO5S/c1-4-5-6-14-20(16,17)11-7-10(9-15)13(19-3)12(8-11)18-2/h7-8,14-15H,4-6,9H2,1-3H3. The van der Waals surface area contributed by atoms with E-state index in [-0.39, 0.29) is 17.3 Å². The molecule has 0 amide bonds. The van der Waals surface area contributed by atoms with Crippen LogP contribution >= 0.6 is 0 Å². The molecule has 0 heterocycles. The molecule has 1 aromatic rings. The zero-order chi connectivity index (χ0) is 15.2. The minimum absolute atomic E-state index is 0.0512. The van der Waals surface area contributed by atoms with Crippen LogP contribution in [-0.2, 0) is 16.6 Å². The summed E-state index contributed by atoms with van der Waals surface area (Å²) >= 11 is 0. The number of ether oxygens (including phenoxy) is 2. The summed E-state index contributed by atoms with van der Waals surface area (Å²) in [6, 6.07) is 2.77. The van der Waals surface area contributed by atoms with E-state index < -0.39 is 10.0 Å². The number of sulfonamides is 1. The Bertz CT molecular complexity index is 517. The fourth-order valence-electron chi connectivity index (χ4n) is 1.75. The molecule has 0 unspecified atom stereocenters. The SMILES string of the molecule is CCCCNS(=O)(=O)c1cc(CO)c(OC)c(OC)c1. The van der Waals surface area contributed by atoms with Gasteiger partial charge in [0.05, 0.1) is 25.7 Å². The first-order valence-corrected chi connectivity index (χ1v) is 7.83. The van der Waals surface area contributed by atoms with Crippen LogP contribution in [0.25, 0.3) is 0 Å². The third-order valence-corrected chi connectivity index (χ3v) is 4.27. The molecule has 0 spiro atoms. The van der Waals surface area contributed by atoms with Crippen LogP contribution in [0, 0.1) is 0 Å². The largest absolute Gasteiger partial charge is 0.493 e. The highest BCUT2D eigenvalue weighted by atomic mass is 32.2. The van der Waals surface area contributed by atoms with Gasteiger partial charge in [0.2, 0.25) is 10.0 Å². The van der Waals surface area contributed by atoms with Crippen molar-refractivity contribution >= 4 is 10.0 Å². The minimum atomic E-state index is -3.62. The monoisotopic (exact) mass is 303 g/mol. The Balaban J connectivity index is 3.18. The Labute approximate surface area is 119 Å². The lowest BCUT2D eigenvalue weighted by Crippen LogP contribution is -2.25. The Hall–Kier alpha value is -1.31. The summed E-state index contributed by atoms with van der Waals surface area (Å²) < 4.78 is 37.1. The second-order valence-corrected chi connectivity index (χ2v) is 5.99. The maximum absolute atomic E-state index is 12.2. The molecule has 7 heteroatoms. The summed E-state index contributed by atoms with van der Waals surface area (Å²) in [5.74, 6) is 0.609. The molecule has 0 aliphatic carbocycles. The Morgan fingerprint density at radius 2 is 1.95 bits per heavy atom. The number of rotatable bonds is 8. The van der Waals surface area contributed by atoms with Gasteiger partial charge in [0.25, 0.3) is 0 Å². The third-order valence-electron chi connectivity index (χ3n) is 2.83. The van der Waals surface area contributed by atoms with Crippen molar-refractivity contribution in [1.29, 1.82) is 0 Å². The topological polar surface area (TPSA) is 84.9 Å². The highest BCUT2D eigenvalue weighted by molar-refractivity contribution is 7.89. The molecular formula is C13H21NO5S. The quantitative estimate of drug-likeness (QED) is 0.707. The second kappa shape index (κ2) is 7.47. The van der Waals surface area contributed by atoms with Gasteiger partial charge in [0.1, 0.15) is 0 Å². The van der Waals surface area contributed by atoms with E-state index in [1.807, 2.05) is 6.92 Å². The average Bonchev–Trinajstić information content (AvgIpc) is 2.45. The van der Waals surface area contributed by atoms with Crippen molar-refractivity contribution in [3.63, 3.8) is 0 Å². The van der Waals surface area contributed by atoms with Gasteiger partial charge < -0.3 is 14.6 Å². The number of hydrogen-bond donors (Lipinski definition) is 2. The summed E-state index contributed by atoms with van der Waals surface area (Å²) in [6.45, 7) is 2.02. The first-order valence-electron chi connectivity index (χ1n) is 6.35. The molecule has 0 aromatic heterocycles. The molecule has 6 nitrogen and oxygen atoms in total. The second-order valence-electron chi connectivity index (χ2n) is 4.23. The van der Waals surface area contributed by atoms with Crippen LogP contribution in [0.2, 0.25) is 0 Å². The molecule has 114 valence electrons. The van der Waals surface area contributed by atoms with Crippen LogP contribution in [0.3, 0.4) is 0 Å². The summed E-state index contributed by atoms with van der Waals surface area (Å²) in [7, 11) is -0.768. The van der Waals surface area contributed by atoms with E-state index >= 15 is 0 Å². The van der Waals surface area contributed by atoms with E-state index in [0.717, 1.165) is 12.8 Å². The first-order chi connectivity index (χ1) is 9.50. The number of aliphatic hydroxyl groups is 1. The van der Waals surface area contributed by atoms with Gasteiger partial charge in [-0.25, -0.2) is 13.1 Å². The highest BCUT2D eigenvalue weighted by Crippen LogP contribution is 2.34. The summed E-state index contributed by atoms with van der Waals surface area (Å²) in [6.07, 6.45) is 1.66. The zero-order valence-electron chi connectivity index (χ0n) is 12.0. The van der Waals surface area contributed by atoms with Gasteiger partial charge in [-0.15, -0.1) is 0 Å². The fourth-order valence-corrected chi connectivity index (χ4v) is 2.89. The van der Waals surface area contributed by atoms with E-state index in [9.17, 15) is 13.5 Å². The molecule has 0 aliphatic rings. The lowest BCUT2D eigenvalue weighted by atomic mass is 10.2. The Kier molecular flexibility index (Phi) is 6.25. The van der Waals surface area contributed by atoms with Crippen LogP contribution in [-0.4, -0.2) is 34.3 Å². The average molecular weight is 303 g/mol. The lowest BCUT2D eigenvalue weighted by molar-refractivity contribution is 0.269. The van der Waals surface area contributed by atoms with Crippen molar-refractivity contribution in [3.8, 4) is 11.5 Å².